The molecule has 1 heterocycles. The normalized spacial score (nSPS) is 12.4. The van der Waals surface area contributed by atoms with Gasteiger partial charge >= 0.3 is 0 Å². The molecule has 19 heavy (non-hydrogen) atoms. The van der Waals surface area contributed by atoms with Crippen molar-refractivity contribution in [3.8, 4) is 5.75 Å². The lowest BCUT2D eigenvalue weighted by molar-refractivity contribution is 0.414. The van der Waals surface area contributed by atoms with Crippen molar-refractivity contribution in [2.45, 2.75) is 25.3 Å². The first-order valence-electron chi connectivity index (χ1n) is 6.29. The van der Waals surface area contributed by atoms with Gasteiger partial charge < -0.3 is 10.5 Å². The van der Waals surface area contributed by atoms with Gasteiger partial charge in [0.15, 0.2) is 5.82 Å². The summed E-state index contributed by atoms with van der Waals surface area (Å²) in [5, 5.41) is 11.9. The summed E-state index contributed by atoms with van der Waals surface area (Å²) < 4.78 is 5.13. The van der Waals surface area contributed by atoms with E-state index >= 15 is 0 Å². The van der Waals surface area contributed by atoms with Crippen molar-refractivity contribution >= 4 is 0 Å². The molecular weight excluding hydrogens is 242 g/mol. The summed E-state index contributed by atoms with van der Waals surface area (Å²) in [5.74, 6) is 1.57. The van der Waals surface area contributed by atoms with Gasteiger partial charge in [-0.15, -0.1) is 10.2 Å². The monoisotopic (exact) mass is 261 g/mol. The van der Waals surface area contributed by atoms with Gasteiger partial charge in [-0.3, -0.25) is 0 Å². The molecule has 2 rings (SSSR count). The van der Waals surface area contributed by atoms with E-state index in [2.05, 4.69) is 27.5 Å². The Hall–Kier alpha value is -1.95. The highest BCUT2D eigenvalue weighted by Gasteiger charge is 2.08. The highest BCUT2D eigenvalue weighted by atomic mass is 16.5. The highest BCUT2D eigenvalue weighted by Crippen LogP contribution is 2.13. The number of hydrogen-bond acceptors (Lipinski definition) is 5. The Morgan fingerprint density at radius 1 is 1.32 bits per heavy atom. The van der Waals surface area contributed by atoms with Crippen molar-refractivity contribution in [3.05, 3.63) is 35.7 Å². The Morgan fingerprint density at radius 3 is 2.63 bits per heavy atom. The first-order chi connectivity index (χ1) is 9.17. The average molecular weight is 261 g/mol. The van der Waals surface area contributed by atoms with Crippen LogP contribution in [-0.2, 0) is 19.9 Å². The van der Waals surface area contributed by atoms with Gasteiger partial charge in [-0.25, -0.2) is 0 Å². The van der Waals surface area contributed by atoms with Gasteiger partial charge in [0, 0.05) is 12.5 Å². The Balaban J connectivity index is 1.80. The van der Waals surface area contributed by atoms with Crippen molar-refractivity contribution in [2.75, 3.05) is 7.11 Å². The molecule has 0 aliphatic carbocycles. The number of nitrogens with zero attached hydrogens (tertiary/aromatic N) is 4. The van der Waals surface area contributed by atoms with E-state index in [1.165, 1.54) is 10.4 Å². The van der Waals surface area contributed by atoms with Crippen LogP contribution in [0.3, 0.4) is 0 Å². The molecule has 1 atom stereocenters. The number of methoxy groups -OCH3 is 1. The van der Waals surface area contributed by atoms with Crippen LogP contribution in [0.5, 0.6) is 5.75 Å². The minimum atomic E-state index is 0.0475. The highest BCUT2D eigenvalue weighted by molar-refractivity contribution is 5.27. The van der Waals surface area contributed by atoms with Gasteiger partial charge in [0.2, 0.25) is 0 Å². The van der Waals surface area contributed by atoms with Gasteiger partial charge in [-0.05, 0) is 35.8 Å². The summed E-state index contributed by atoms with van der Waals surface area (Å²) in [7, 11) is 3.41. The zero-order valence-electron chi connectivity index (χ0n) is 11.3. The standard InChI is InChI=1S/C13H19N5O/c1-18-16-13(15-17-18)9-11(14)6-3-10-4-7-12(19-2)8-5-10/h4-5,7-8,11H,3,6,9,14H2,1-2H3. The fourth-order valence-electron chi connectivity index (χ4n) is 1.89. The van der Waals surface area contributed by atoms with Crippen molar-refractivity contribution < 1.29 is 4.74 Å². The molecule has 0 aliphatic rings. The van der Waals surface area contributed by atoms with Gasteiger partial charge in [-0.2, -0.15) is 4.80 Å². The van der Waals surface area contributed by atoms with Crippen molar-refractivity contribution in [1.29, 1.82) is 0 Å². The van der Waals surface area contributed by atoms with Gasteiger partial charge in [0.1, 0.15) is 5.75 Å². The van der Waals surface area contributed by atoms with E-state index in [1.54, 1.807) is 14.2 Å². The minimum absolute atomic E-state index is 0.0475. The largest absolute Gasteiger partial charge is 0.497 e. The zero-order chi connectivity index (χ0) is 13.7. The predicted octanol–water partition coefficient (Wildman–Crippen LogP) is 0.721. The maximum absolute atomic E-state index is 6.08. The quantitative estimate of drug-likeness (QED) is 0.829. The smallest absolute Gasteiger partial charge is 0.176 e. The second kappa shape index (κ2) is 6.29. The van der Waals surface area contributed by atoms with Crippen LogP contribution in [0.4, 0.5) is 0 Å². The predicted molar refractivity (Wildman–Crippen MR) is 71.8 cm³/mol. The molecule has 1 unspecified atom stereocenters. The molecule has 2 aromatic rings. The van der Waals surface area contributed by atoms with Crippen LogP contribution in [0.2, 0.25) is 0 Å². The number of aromatic nitrogens is 4. The van der Waals surface area contributed by atoms with Crippen molar-refractivity contribution in [3.63, 3.8) is 0 Å². The molecule has 0 saturated heterocycles. The Morgan fingerprint density at radius 2 is 2.05 bits per heavy atom. The lowest BCUT2D eigenvalue weighted by atomic mass is 10.0. The summed E-state index contributed by atoms with van der Waals surface area (Å²) in [6, 6.07) is 8.10. The molecule has 1 aromatic heterocycles. The third kappa shape index (κ3) is 4.03. The molecular formula is C13H19N5O. The Bertz CT molecular complexity index is 508. The summed E-state index contributed by atoms with van der Waals surface area (Å²) >= 11 is 0. The van der Waals surface area contributed by atoms with Crippen LogP contribution < -0.4 is 10.5 Å². The maximum atomic E-state index is 6.08. The fraction of sp³-hybridized carbons (Fsp3) is 0.462. The van der Waals surface area contributed by atoms with Crippen LogP contribution in [0.15, 0.2) is 24.3 Å². The number of hydrogen-bond donors (Lipinski definition) is 1. The van der Waals surface area contributed by atoms with Gasteiger partial charge in [0.25, 0.3) is 0 Å². The third-order valence-electron chi connectivity index (χ3n) is 2.96. The SMILES string of the molecule is COc1ccc(CCC(N)Cc2nnn(C)n2)cc1. The molecule has 0 fully saturated rings. The maximum Gasteiger partial charge on any atom is 0.176 e. The van der Waals surface area contributed by atoms with Crippen LogP contribution in [0.1, 0.15) is 17.8 Å². The molecule has 0 bridgehead atoms. The molecule has 0 aliphatic heterocycles. The minimum Gasteiger partial charge on any atom is -0.497 e. The van der Waals surface area contributed by atoms with E-state index in [9.17, 15) is 0 Å². The van der Waals surface area contributed by atoms with Gasteiger partial charge in [-0.1, -0.05) is 12.1 Å². The summed E-state index contributed by atoms with van der Waals surface area (Å²) in [4.78, 5) is 1.45. The fourth-order valence-corrected chi connectivity index (χ4v) is 1.89. The van der Waals surface area contributed by atoms with E-state index in [4.69, 9.17) is 10.5 Å². The second-order valence-electron chi connectivity index (χ2n) is 4.55. The lowest BCUT2D eigenvalue weighted by Crippen LogP contribution is -2.24. The second-order valence-corrected chi connectivity index (χ2v) is 4.55. The number of ether oxygens (including phenoxy) is 1. The number of tetrazole rings is 1. The number of aryl methyl sites for hydroxylation is 2. The Labute approximate surface area is 112 Å². The molecule has 0 saturated carbocycles. The third-order valence-corrected chi connectivity index (χ3v) is 2.96. The van der Waals surface area contributed by atoms with E-state index in [1.807, 2.05) is 12.1 Å². The van der Waals surface area contributed by atoms with Crippen LogP contribution >= 0.6 is 0 Å². The van der Waals surface area contributed by atoms with E-state index in [0.717, 1.165) is 18.6 Å². The summed E-state index contributed by atoms with van der Waals surface area (Å²) in [5.41, 5.74) is 7.33. The van der Waals surface area contributed by atoms with Crippen LogP contribution in [-0.4, -0.2) is 33.4 Å². The lowest BCUT2D eigenvalue weighted by Gasteiger charge is -2.09. The topological polar surface area (TPSA) is 78.9 Å². The van der Waals surface area contributed by atoms with Crippen LogP contribution in [0.25, 0.3) is 0 Å². The molecule has 0 spiro atoms. The zero-order valence-corrected chi connectivity index (χ0v) is 11.3. The summed E-state index contributed by atoms with van der Waals surface area (Å²) in [6.07, 6.45) is 2.49. The van der Waals surface area contributed by atoms with E-state index in [0.29, 0.717) is 12.2 Å². The first-order valence-corrected chi connectivity index (χ1v) is 6.29. The number of benzene rings is 1. The molecule has 6 heteroatoms. The van der Waals surface area contributed by atoms with Crippen molar-refractivity contribution in [2.24, 2.45) is 12.8 Å². The molecule has 1 aromatic carbocycles. The number of rotatable bonds is 6. The van der Waals surface area contributed by atoms with E-state index < -0.39 is 0 Å². The molecule has 2 N–H and O–H groups in total. The molecule has 0 radical (unpaired) electrons. The molecule has 6 nitrogen and oxygen atoms in total. The van der Waals surface area contributed by atoms with Gasteiger partial charge in [0.05, 0.1) is 14.2 Å². The Kier molecular flexibility index (Phi) is 4.46. The summed E-state index contributed by atoms with van der Waals surface area (Å²) in [6.45, 7) is 0. The van der Waals surface area contributed by atoms with Crippen LogP contribution in [0, 0.1) is 0 Å². The first kappa shape index (κ1) is 13.5. The van der Waals surface area contributed by atoms with Crippen molar-refractivity contribution in [1.82, 2.24) is 20.2 Å². The average Bonchev–Trinajstić information content (AvgIpc) is 2.82. The number of nitrogens with two attached hydrogens (primary N) is 1. The molecule has 0 amide bonds. The van der Waals surface area contributed by atoms with E-state index in [-0.39, 0.29) is 6.04 Å². The molecule has 102 valence electrons.